The van der Waals surface area contributed by atoms with E-state index in [4.69, 9.17) is 0 Å². The van der Waals surface area contributed by atoms with Crippen molar-refractivity contribution >= 4 is 11.1 Å². The first kappa shape index (κ1) is 22.3. The lowest BCUT2D eigenvalue weighted by Crippen LogP contribution is -2.23. The van der Waals surface area contributed by atoms with E-state index in [9.17, 15) is 0 Å². The summed E-state index contributed by atoms with van der Waals surface area (Å²) in [4.78, 5) is 0. The first-order chi connectivity index (χ1) is 14.5. The van der Waals surface area contributed by atoms with Crippen molar-refractivity contribution in [3.8, 4) is 0 Å². The number of rotatable bonds is 8. The summed E-state index contributed by atoms with van der Waals surface area (Å²) in [6.45, 7) is 18.1. The fourth-order valence-corrected chi connectivity index (χ4v) is 5.39. The van der Waals surface area contributed by atoms with Gasteiger partial charge in [-0.2, -0.15) is 0 Å². The molecular formula is C30H38. The van der Waals surface area contributed by atoms with E-state index in [1.54, 1.807) is 11.1 Å². The van der Waals surface area contributed by atoms with Gasteiger partial charge in [-0.3, -0.25) is 0 Å². The summed E-state index contributed by atoms with van der Waals surface area (Å²) in [5, 5.41) is 0. The molecule has 0 fully saturated rings. The molecule has 0 N–H and O–H groups in total. The Morgan fingerprint density at radius 1 is 0.967 bits per heavy atom. The maximum Gasteiger partial charge on any atom is -0.00608 e. The van der Waals surface area contributed by atoms with E-state index in [0.717, 1.165) is 25.7 Å². The molecule has 0 aromatic heterocycles. The molecule has 2 aromatic carbocycles. The van der Waals surface area contributed by atoms with Crippen LogP contribution in [0.1, 0.15) is 75.1 Å². The average molecular weight is 399 g/mol. The van der Waals surface area contributed by atoms with Crippen LogP contribution in [-0.4, -0.2) is 0 Å². The summed E-state index contributed by atoms with van der Waals surface area (Å²) < 4.78 is 0. The third-order valence-corrected chi connectivity index (χ3v) is 7.03. The summed E-state index contributed by atoms with van der Waals surface area (Å²) in [6, 6.07) is 17.7. The predicted molar refractivity (Wildman–Crippen MR) is 134 cm³/mol. The number of benzene rings is 2. The summed E-state index contributed by atoms with van der Waals surface area (Å²) in [6.07, 6.45) is 6.70. The van der Waals surface area contributed by atoms with Gasteiger partial charge in [0, 0.05) is 0 Å². The van der Waals surface area contributed by atoms with E-state index in [2.05, 4.69) is 89.4 Å². The molecule has 0 heteroatoms. The van der Waals surface area contributed by atoms with Gasteiger partial charge in [-0.15, -0.1) is 0 Å². The lowest BCUT2D eigenvalue weighted by Gasteiger charge is -2.36. The minimum atomic E-state index is 0.565. The van der Waals surface area contributed by atoms with Crippen LogP contribution in [0.3, 0.4) is 0 Å². The Labute approximate surface area is 184 Å². The van der Waals surface area contributed by atoms with Crippen LogP contribution in [0.15, 0.2) is 72.8 Å². The molecule has 2 unspecified atom stereocenters. The fourth-order valence-electron chi connectivity index (χ4n) is 5.39. The highest BCUT2D eigenvalue weighted by atomic mass is 14.4. The summed E-state index contributed by atoms with van der Waals surface area (Å²) in [5.74, 6) is 1.15. The average Bonchev–Trinajstić information content (AvgIpc) is 2.74. The number of hydrogen-bond donors (Lipinski definition) is 0. The van der Waals surface area contributed by atoms with Crippen molar-refractivity contribution < 1.29 is 0 Å². The number of hydrogen-bond acceptors (Lipinski definition) is 0. The lowest BCUT2D eigenvalue weighted by atomic mass is 9.69. The van der Waals surface area contributed by atoms with Gasteiger partial charge in [-0.05, 0) is 91.2 Å². The smallest absolute Gasteiger partial charge is 0.00608 e. The Morgan fingerprint density at radius 2 is 1.67 bits per heavy atom. The molecule has 0 heterocycles. The molecule has 0 spiro atoms. The second-order valence-electron chi connectivity index (χ2n) is 8.98. The molecule has 0 radical (unpaired) electrons. The third kappa shape index (κ3) is 4.69. The summed E-state index contributed by atoms with van der Waals surface area (Å²) >= 11 is 0. The van der Waals surface area contributed by atoms with Crippen molar-refractivity contribution in [1.82, 2.24) is 0 Å². The van der Waals surface area contributed by atoms with Crippen LogP contribution in [0, 0.1) is 18.8 Å². The van der Waals surface area contributed by atoms with Crippen molar-refractivity contribution in [2.45, 2.75) is 66.2 Å². The Hall–Kier alpha value is -2.34. The predicted octanol–water partition coefficient (Wildman–Crippen LogP) is 8.82. The zero-order valence-corrected chi connectivity index (χ0v) is 19.4. The normalized spacial score (nSPS) is 19.1. The van der Waals surface area contributed by atoms with Crippen LogP contribution in [0.2, 0.25) is 0 Å². The molecule has 2 atom stereocenters. The van der Waals surface area contributed by atoms with E-state index in [0.29, 0.717) is 11.8 Å². The zero-order valence-electron chi connectivity index (χ0n) is 19.4. The number of allylic oxidation sites excluding steroid dienone is 4. The van der Waals surface area contributed by atoms with Gasteiger partial charge in [0.25, 0.3) is 0 Å². The molecule has 158 valence electrons. The number of aryl methyl sites for hydroxylation is 1. The van der Waals surface area contributed by atoms with Gasteiger partial charge in [0.2, 0.25) is 0 Å². The van der Waals surface area contributed by atoms with E-state index in [1.807, 2.05) is 0 Å². The van der Waals surface area contributed by atoms with Crippen LogP contribution in [-0.2, 0) is 6.42 Å². The van der Waals surface area contributed by atoms with Gasteiger partial charge < -0.3 is 0 Å². The molecule has 0 saturated carbocycles. The summed E-state index contributed by atoms with van der Waals surface area (Å²) in [5.41, 5.74) is 11.4. The van der Waals surface area contributed by atoms with Crippen molar-refractivity contribution in [2.75, 3.05) is 0 Å². The fraction of sp³-hybridized carbons (Fsp3) is 0.400. The molecule has 0 saturated heterocycles. The summed E-state index contributed by atoms with van der Waals surface area (Å²) in [7, 11) is 0. The molecule has 30 heavy (non-hydrogen) atoms. The quantitative estimate of drug-likeness (QED) is 0.390. The molecule has 1 aliphatic rings. The van der Waals surface area contributed by atoms with Crippen LogP contribution < -0.4 is 0 Å². The Morgan fingerprint density at radius 3 is 2.37 bits per heavy atom. The van der Waals surface area contributed by atoms with Crippen LogP contribution >= 0.6 is 0 Å². The molecule has 3 rings (SSSR count). The van der Waals surface area contributed by atoms with Crippen LogP contribution in [0.4, 0.5) is 0 Å². The molecule has 0 amide bonds. The lowest BCUT2D eigenvalue weighted by molar-refractivity contribution is 0.379. The molecule has 1 aliphatic carbocycles. The van der Waals surface area contributed by atoms with Crippen molar-refractivity contribution in [3.63, 3.8) is 0 Å². The van der Waals surface area contributed by atoms with Gasteiger partial charge in [0.05, 0.1) is 0 Å². The first-order valence-corrected chi connectivity index (χ1v) is 11.7. The van der Waals surface area contributed by atoms with Gasteiger partial charge in [0.1, 0.15) is 0 Å². The van der Waals surface area contributed by atoms with E-state index in [-0.39, 0.29) is 0 Å². The second kappa shape index (κ2) is 10.1. The monoisotopic (exact) mass is 398 g/mol. The molecular weight excluding hydrogens is 360 g/mol. The second-order valence-corrected chi connectivity index (χ2v) is 8.98. The SMILES string of the molecule is C=C(CCC)c1ccccc1CC(=C)C1CCC(c2ccccc2C)=C(C)C1CC. The first-order valence-electron chi connectivity index (χ1n) is 11.7. The molecule has 0 aliphatic heterocycles. The van der Waals surface area contributed by atoms with Crippen molar-refractivity contribution in [1.29, 1.82) is 0 Å². The molecule has 0 bridgehead atoms. The van der Waals surface area contributed by atoms with E-state index in [1.165, 1.54) is 46.2 Å². The topological polar surface area (TPSA) is 0 Å². The minimum Gasteiger partial charge on any atom is -0.0992 e. The highest BCUT2D eigenvalue weighted by Gasteiger charge is 2.30. The largest absolute Gasteiger partial charge is 0.0992 e. The highest BCUT2D eigenvalue weighted by molar-refractivity contribution is 5.72. The zero-order chi connectivity index (χ0) is 21.7. The minimum absolute atomic E-state index is 0.565. The van der Waals surface area contributed by atoms with Crippen molar-refractivity contribution in [2.24, 2.45) is 11.8 Å². The van der Waals surface area contributed by atoms with Crippen LogP contribution in [0.5, 0.6) is 0 Å². The highest BCUT2D eigenvalue weighted by Crippen LogP contribution is 2.45. The third-order valence-electron chi connectivity index (χ3n) is 7.03. The maximum absolute atomic E-state index is 4.62. The Bertz CT molecular complexity index is 940. The Balaban J connectivity index is 1.85. The standard InChI is InChI=1S/C30H38/c1-7-13-21(3)27-16-12-10-15-25(27)20-23(5)29-18-19-30(24(6)26(29)8-2)28-17-11-9-14-22(28)4/h9-12,14-17,26,29H,3,5,7-8,13,18-20H2,1-2,4,6H3. The van der Waals surface area contributed by atoms with Gasteiger partial charge in [-0.1, -0.05) is 93.1 Å². The van der Waals surface area contributed by atoms with E-state index < -0.39 is 0 Å². The molecule has 0 nitrogen and oxygen atoms in total. The van der Waals surface area contributed by atoms with Gasteiger partial charge in [-0.25, -0.2) is 0 Å². The van der Waals surface area contributed by atoms with Crippen LogP contribution in [0.25, 0.3) is 11.1 Å². The van der Waals surface area contributed by atoms with E-state index >= 15 is 0 Å². The maximum atomic E-state index is 4.62. The van der Waals surface area contributed by atoms with Crippen molar-refractivity contribution in [3.05, 3.63) is 95.1 Å². The molecule has 2 aromatic rings. The van der Waals surface area contributed by atoms with Gasteiger partial charge in [0.15, 0.2) is 0 Å². The van der Waals surface area contributed by atoms with Gasteiger partial charge >= 0.3 is 0 Å². The Kier molecular flexibility index (Phi) is 7.53.